The number of benzene rings is 2. The van der Waals surface area contributed by atoms with Crippen molar-refractivity contribution < 1.29 is 10.2 Å². The molecule has 0 saturated carbocycles. The first-order chi connectivity index (χ1) is 12.3. The summed E-state index contributed by atoms with van der Waals surface area (Å²) in [7, 11) is 0. The number of imidazole rings is 1. The van der Waals surface area contributed by atoms with Crippen LogP contribution in [0.3, 0.4) is 0 Å². The van der Waals surface area contributed by atoms with Crippen LogP contribution in [0.2, 0.25) is 0 Å². The van der Waals surface area contributed by atoms with Gasteiger partial charge in [0.25, 0.3) is 0 Å². The highest BCUT2D eigenvalue weighted by Gasteiger charge is 2.09. The highest BCUT2D eigenvalue weighted by Crippen LogP contribution is 2.24. The van der Waals surface area contributed by atoms with Gasteiger partial charge < -0.3 is 10.2 Å². The number of aliphatic hydroxyl groups excluding tert-OH is 2. The summed E-state index contributed by atoms with van der Waals surface area (Å²) in [5.41, 5.74) is 6.12. The summed E-state index contributed by atoms with van der Waals surface area (Å²) >= 11 is 0. The van der Waals surface area contributed by atoms with E-state index < -0.39 is 0 Å². The normalized spacial score (nSPS) is 11.1. The highest BCUT2D eigenvalue weighted by molar-refractivity contribution is 5.66. The molecular formula is C20H17N3O2. The number of hydrogen-bond donors (Lipinski definition) is 2. The molecule has 0 fully saturated rings. The van der Waals surface area contributed by atoms with Crippen LogP contribution < -0.4 is 0 Å². The molecule has 0 radical (unpaired) electrons. The maximum atomic E-state index is 9.35. The summed E-state index contributed by atoms with van der Waals surface area (Å²) in [5, 5.41) is 23.2. The Hall–Kier alpha value is -3.02. The Kier molecular flexibility index (Phi) is 4.01. The first kappa shape index (κ1) is 15.5. The third-order valence-corrected chi connectivity index (χ3v) is 4.20. The van der Waals surface area contributed by atoms with Crippen LogP contribution in [0.5, 0.6) is 0 Å². The first-order valence-electron chi connectivity index (χ1n) is 8.03. The number of hydrogen-bond acceptors (Lipinski definition) is 4. The lowest BCUT2D eigenvalue weighted by Gasteiger charge is -2.06. The van der Waals surface area contributed by atoms with E-state index in [1.807, 2.05) is 65.2 Å². The van der Waals surface area contributed by atoms with E-state index in [9.17, 15) is 10.2 Å². The second-order valence-corrected chi connectivity index (χ2v) is 5.85. The molecule has 4 aromatic rings. The van der Waals surface area contributed by atoms with Crippen LogP contribution >= 0.6 is 0 Å². The standard InChI is InChI=1S/C20H17N3O2/c24-12-14-4-6-16(7-5-14)18-8-9-20-21-11-19(23(20)22-18)17-3-1-2-15(10-17)13-25/h1-11,24-25H,12-13H2. The molecular weight excluding hydrogens is 314 g/mol. The van der Waals surface area contributed by atoms with Gasteiger partial charge in [0.2, 0.25) is 0 Å². The van der Waals surface area contributed by atoms with Gasteiger partial charge >= 0.3 is 0 Å². The summed E-state index contributed by atoms with van der Waals surface area (Å²) in [6.07, 6.45) is 1.79. The number of nitrogens with zero attached hydrogens (tertiary/aromatic N) is 3. The van der Waals surface area contributed by atoms with E-state index in [1.54, 1.807) is 6.20 Å². The second-order valence-electron chi connectivity index (χ2n) is 5.85. The molecule has 0 aliphatic rings. The summed E-state index contributed by atoms with van der Waals surface area (Å²) in [6.45, 7) is 0.0278. The molecule has 0 unspecified atom stereocenters. The molecule has 2 aromatic carbocycles. The average Bonchev–Trinajstić information content (AvgIpc) is 3.11. The van der Waals surface area contributed by atoms with Gasteiger partial charge in [0.05, 0.1) is 30.8 Å². The van der Waals surface area contributed by atoms with Gasteiger partial charge in [-0.3, -0.25) is 0 Å². The molecule has 2 aromatic heterocycles. The van der Waals surface area contributed by atoms with Gasteiger partial charge in [0.15, 0.2) is 5.65 Å². The minimum atomic E-state index is 0.000457. The summed E-state index contributed by atoms with van der Waals surface area (Å²) in [4.78, 5) is 4.42. The van der Waals surface area contributed by atoms with Crippen molar-refractivity contribution in [2.24, 2.45) is 0 Å². The number of fused-ring (bicyclic) bond motifs is 1. The van der Waals surface area contributed by atoms with E-state index in [0.717, 1.165) is 39.3 Å². The summed E-state index contributed by atoms with van der Waals surface area (Å²) < 4.78 is 1.81. The molecule has 5 heteroatoms. The minimum Gasteiger partial charge on any atom is -0.392 e. The number of aromatic nitrogens is 3. The van der Waals surface area contributed by atoms with Gasteiger partial charge in [-0.05, 0) is 29.3 Å². The lowest BCUT2D eigenvalue weighted by Crippen LogP contribution is -1.97. The van der Waals surface area contributed by atoms with Crippen molar-refractivity contribution in [2.45, 2.75) is 13.2 Å². The van der Waals surface area contributed by atoms with Crippen molar-refractivity contribution in [3.63, 3.8) is 0 Å². The predicted octanol–water partition coefficient (Wildman–Crippen LogP) is 3.05. The quantitative estimate of drug-likeness (QED) is 0.603. The largest absolute Gasteiger partial charge is 0.392 e. The molecule has 25 heavy (non-hydrogen) atoms. The third-order valence-electron chi connectivity index (χ3n) is 4.20. The maximum absolute atomic E-state index is 9.35. The Labute approximate surface area is 144 Å². The predicted molar refractivity (Wildman–Crippen MR) is 95.7 cm³/mol. The summed E-state index contributed by atoms with van der Waals surface area (Å²) in [5.74, 6) is 0. The monoisotopic (exact) mass is 331 g/mol. The van der Waals surface area contributed by atoms with Crippen LogP contribution in [0.15, 0.2) is 66.9 Å². The van der Waals surface area contributed by atoms with E-state index >= 15 is 0 Å². The fraction of sp³-hybridized carbons (Fsp3) is 0.100. The van der Waals surface area contributed by atoms with Gasteiger partial charge in [-0.25, -0.2) is 9.50 Å². The Bertz CT molecular complexity index is 1020. The van der Waals surface area contributed by atoms with Crippen LogP contribution in [0.25, 0.3) is 28.2 Å². The molecule has 5 nitrogen and oxygen atoms in total. The van der Waals surface area contributed by atoms with E-state index in [-0.39, 0.29) is 13.2 Å². The van der Waals surface area contributed by atoms with Crippen LogP contribution in [-0.2, 0) is 13.2 Å². The minimum absolute atomic E-state index is 0.000457. The molecule has 0 bridgehead atoms. The van der Waals surface area contributed by atoms with Crippen molar-refractivity contribution in [3.05, 3.63) is 78.0 Å². The zero-order chi connectivity index (χ0) is 17.2. The molecule has 0 aliphatic heterocycles. The molecule has 0 atom stereocenters. The smallest absolute Gasteiger partial charge is 0.154 e. The Morgan fingerprint density at radius 3 is 2.36 bits per heavy atom. The SMILES string of the molecule is OCc1ccc(-c2ccc3ncc(-c4cccc(CO)c4)n3n2)cc1. The van der Waals surface area contributed by atoms with Crippen molar-refractivity contribution in [3.8, 4) is 22.5 Å². The summed E-state index contributed by atoms with van der Waals surface area (Å²) in [6, 6.07) is 19.3. The lowest BCUT2D eigenvalue weighted by molar-refractivity contribution is 0.281. The zero-order valence-corrected chi connectivity index (χ0v) is 13.5. The molecule has 0 saturated heterocycles. The maximum Gasteiger partial charge on any atom is 0.154 e. The van der Waals surface area contributed by atoms with Crippen LogP contribution in [0, 0.1) is 0 Å². The van der Waals surface area contributed by atoms with Crippen molar-refractivity contribution in [1.82, 2.24) is 14.6 Å². The van der Waals surface area contributed by atoms with Crippen molar-refractivity contribution in [1.29, 1.82) is 0 Å². The molecule has 2 heterocycles. The molecule has 0 spiro atoms. The van der Waals surface area contributed by atoms with E-state index in [2.05, 4.69) is 4.98 Å². The van der Waals surface area contributed by atoms with Crippen molar-refractivity contribution >= 4 is 5.65 Å². The third kappa shape index (κ3) is 2.91. The Morgan fingerprint density at radius 1 is 0.800 bits per heavy atom. The molecule has 2 N–H and O–H groups in total. The van der Waals surface area contributed by atoms with Gasteiger partial charge in [-0.15, -0.1) is 0 Å². The zero-order valence-electron chi connectivity index (χ0n) is 13.5. The van der Waals surface area contributed by atoms with Crippen LogP contribution in [0.1, 0.15) is 11.1 Å². The Morgan fingerprint density at radius 2 is 1.60 bits per heavy atom. The lowest BCUT2D eigenvalue weighted by atomic mass is 10.1. The molecule has 0 aliphatic carbocycles. The first-order valence-corrected chi connectivity index (χ1v) is 8.03. The molecule has 0 amide bonds. The fourth-order valence-corrected chi connectivity index (χ4v) is 2.83. The van der Waals surface area contributed by atoms with Crippen LogP contribution in [-0.4, -0.2) is 24.8 Å². The highest BCUT2D eigenvalue weighted by atomic mass is 16.3. The Balaban J connectivity index is 1.81. The van der Waals surface area contributed by atoms with E-state index in [4.69, 9.17) is 5.10 Å². The van der Waals surface area contributed by atoms with E-state index in [0.29, 0.717) is 0 Å². The molecule has 4 rings (SSSR count). The fourth-order valence-electron chi connectivity index (χ4n) is 2.83. The van der Waals surface area contributed by atoms with Gasteiger partial charge in [-0.2, -0.15) is 5.10 Å². The van der Waals surface area contributed by atoms with E-state index in [1.165, 1.54) is 0 Å². The van der Waals surface area contributed by atoms with Crippen LogP contribution in [0.4, 0.5) is 0 Å². The number of aliphatic hydroxyl groups is 2. The van der Waals surface area contributed by atoms with Gasteiger partial charge in [0, 0.05) is 11.1 Å². The second kappa shape index (κ2) is 6.47. The number of rotatable bonds is 4. The van der Waals surface area contributed by atoms with Crippen molar-refractivity contribution in [2.75, 3.05) is 0 Å². The van der Waals surface area contributed by atoms with Gasteiger partial charge in [-0.1, -0.05) is 42.5 Å². The molecule has 124 valence electrons. The topological polar surface area (TPSA) is 70.7 Å². The average molecular weight is 331 g/mol. The van der Waals surface area contributed by atoms with Gasteiger partial charge in [0.1, 0.15) is 0 Å².